The van der Waals surface area contributed by atoms with E-state index in [4.69, 9.17) is 15.5 Å². The predicted octanol–water partition coefficient (Wildman–Crippen LogP) is 4.51. The summed E-state index contributed by atoms with van der Waals surface area (Å²) in [5, 5.41) is 0. The normalized spacial score (nSPS) is 14.6. The highest BCUT2D eigenvalue weighted by Crippen LogP contribution is 2.41. The number of carbonyl (C=O) groups excluding carboxylic acids is 2. The van der Waals surface area contributed by atoms with E-state index in [1.165, 1.54) is 11.3 Å². The van der Waals surface area contributed by atoms with Crippen LogP contribution in [0.25, 0.3) is 10.4 Å². The van der Waals surface area contributed by atoms with Crippen LogP contribution in [0, 0.1) is 0 Å². The van der Waals surface area contributed by atoms with Gasteiger partial charge in [-0.1, -0.05) is 42.5 Å². The minimum Gasteiger partial charge on any atom is -0.491 e. The lowest BCUT2D eigenvalue weighted by Crippen LogP contribution is -2.34. The van der Waals surface area contributed by atoms with E-state index in [1.54, 1.807) is 11.0 Å². The van der Waals surface area contributed by atoms with Crippen molar-refractivity contribution in [3.8, 4) is 16.2 Å². The summed E-state index contributed by atoms with van der Waals surface area (Å²) >= 11 is 1.38. The van der Waals surface area contributed by atoms with E-state index in [9.17, 15) is 9.59 Å². The first-order chi connectivity index (χ1) is 17.6. The molecule has 0 bridgehead atoms. The summed E-state index contributed by atoms with van der Waals surface area (Å²) in [6.45, 7) is 2.37. The molecule has 180 valence electrons. The maximum atomic E-state index is 13.8. The van der Waals surface area contributed by atoms with Gasteiger partial charge in [-0.15, -0.1) is 11.3 Å². The Labute approximate surface area is 212 Å². The Bertz CT molecular complexity index is 1480. The first-order valence-electron chi connectivity index (χ1n) is 11.8. The first kappa shape index (κ1) is 22.3. The molecular formula is C28H24N4O3S. The number of pyridine rings is 1. The van der Waals surface area contributed by atoms with Crippen molar-refractivity contribution in [2.45, 2.75) is 13.0 Å². The van der Waals surface area contributed by atoms with Crippen LogP contribution in [0.5, 0.6) is 5.75 Å². The average Bonchev–Trinajstić information content (AvgIpc) is 3.12. The second-order valence-corrected chi connectivity index (χ2v) is 9.86. The molecule has 0 spiro atoms. The third-order valence-electron chi connectivity index (χ3n) is 6.57. The summed E-state index contributed by atoms with van der Waals surface area (Å²) in [6, 6.07) is 23.2. The van der Waals surface area contributed by atoms with Crippen LogP contribution >= 0.6 is 11.3 Å². The summed E-state index contributed by atoms with van der Waals surface area (Å²) in [6.07, 6.45) is 0.624. The third kappa shape index (κ3) is 3.99. The van der Waals surface area contributed by atoms with Crippen molar-refractivity contribution in [3.63, 3.8) is 0 Å². The highest BCUT2D eigenvalue weighted by Gasteiger charge is 2.28. The van der Waals surface area contributed by atoms with Crippen molar-refractivity contribution in [3.05, 3.63) is 94.5 Å². The largest absolute Gasteiger partial charge is 0.491 e. The number of nitrogens with two attached hydrogens (primary N) is 1. The number of thiophene rings is 1. The van der Waals surface area contributed by atoms with E-state index in [-0.39, 0.29) is 5.91 Å². The van der Waals surface area contributed by atoms with Crippen LogP contribution in [0.4, 0.5) is 11.5 Å². The van der Waals surface area contributed by atoms with E-state index in [0.717, 1.165) is 38.8 Å². The zero-order valence-corrected chi connectivity index (χ0v) is 20.3. The monoisotopic (exact) mass is 496 g/mol. The van der Waals surface area contributed by atoms with Crippen LogP contribution in [0.3, 0.4) is 0 Å². The lowest BCUT2D eigenvalue weighted by Gasteiger charge is -2.24. The molecule has 2 aromatic carbocycles. The molecule has 2 aliphatic heterocycles. The summed E-state index contributed by atoms with van der Waals surface area (Å²) in [4.78, 5) is 35.8. The number of ether oxygens (including phenoxy) is 1. The van der Waals surface area contributed by atoms with Gasteiger partial charge in [-0.25, -0.2) is 4.98 Å². The van der Waals surface area contributed by atoms with Gasteiger partial charge in [0.05, 0.1) is 17.1 Å². The summed E-state index contributed by atoms with van der Waals surface area (Å²) in [5.74, 6) is 1.05. The van der Waals surface area contributed by atoms with Crippen LogP contribution in [0.15, 0.2) is 72.8 Å². The Kier molecular flexibility index (Phi) is 5.65. The number of carbonyl (C=O) groups is 2. The van der Waals surface area contributed by atoms with Crippen molar-refractivity contribution in [2.75, 3.05) is 29.5 Å². The second-order valence-electron chi connectivity index (χ2n) is 8.81. The molecule has 4 aromatic rings. The fourth-order valence-electron chi connectivity index (χ4n) is 4.81. The molecule has 0 saturated heterocycles. The van der Waals surface area contributed by atoms with Crippen LogP contribution in [0.2, 0.25) is 0 Å². The average molecular weight is 497 g/mol. The van der Waals surface area contributed by atoms with Crippen molar-refractivity contribution in [2.24, 2.45) is 5.73 Å². The number of nitrogens with zero attached hydrogens (tertiary/aromatic N) is 3. The van der Waals surface area contributed by atoms with Gasteiger partial charge in [-0.3, -0.25) is 9.59 Å². The smallest absolute Gasteiger partial charge is 0.276 e. The molecule has 0 unspecified atom stereocenters. The number of hydrogen-bond acceptors (Lipinski definition) is 6. The zero-order valence-electron chi connectivity index (χ0n) is 19.5. The first-order valence-corrected chi connectivity index (χ1v) is 12.7. The number of hydrogen-bond donors (Lipinski definition) is 1. The number of anilines is 2. The molecule has 0 aliphatic carbocycles. The number of amides is 2. The molecule has 4 heterocycles. The van der Waals surface area contributed by atoms with Gasteiger partial charge in [0.25, 0.3) is 11.8 Å². The number of fused-ring (bicyclic) bond motifs is 4. The van der Waals surface area contributed by atoms with Crippen molar-refractivity contribution in [1.82, 2.24) is 4.98 Å². The number of rotatable bonds is 3. The molecule has 6 rings (SSSR count). The molecule has 7 nitrogen and oxygen atoms in total. The SMILES string of the molecule is NC(=O)c1cc2c(s1)-c1ccccc1N(C(=O)c1cccc(N3CCOc4ccccc4C3)n1)CC2. The molecule has 0 saturated carbocycles. The molecule has 0 fully saturated rings. The Morgan fingerprint density at radius 2 is 1.78 bits per heavy atom. The van der Waals surface area contributed by atoms with Gasteiger partial charge in [-0.05, 0) is 42.3 Å². The Hall–Kier alpha value is -4.17. The van der Waals surface area contributed by atoms with E-state index in [0.29, 0.717) is 43.2 Å². The highest BCUT2D eigenvalue weighted by atomic mass is 32.1. The van der Waals surface area contributed by atoms with Gasteiger partial charge in [0, 0.05) is 29.1 Å². The van der Waals surface area contributed by atoms with Gasteiger partial charge < -0.3 is 20.3 Å². The molecule has 0 radical (unpaired) electrons. The Balaban J connectivity index is 1.32. The molecule has 2 amide bonds. The highest BCUT2D eigenvalue weighted by molar-refractivity contribution is 7.17. The maximum Gasteiger partial charge on any atom is 0.276 e. The summed E-state index contributed by atoms with van der Waals surface area (Å²) < 4.78 is 5.90. The van der Waals surface area contributed by atoms with Crippen LogP contribution in [-0.2, 0) is 13.0 Å². The van der Waals surface area contributed by atoms with E-state index in [1.807, 2.05) is 60.7 Å². The fourth-order valence-corrected chi connectivity index (χ4v) is 5.90. The van der Waals surface area contributed by atoms with E-state index in [2.05, 4.69) is 11.0 Å². The molecule has 36 heavy (non-hydrogen) atoms. The molecule has 8 heteroatoms. The van der Waals surface area contributed by atoms with Crippen molar-refractivity contribution < 1.29 is 14.3 Å². The standard InChI is InChI=1S/C28H24N4O3S/c29-27(33)24-16-18-12-13-32(22-9-3-2-7-20(22)26(18)36-24)28(34)21-8-5-11-25(30-21)31-14-15-35-23-10-4-1-6-19(23)17-31/h1-11,16H,12-15,17H2,(H2,29,33). The van der Waals surface area contributed by atoms with Crippen molar-refractivity contribution >= 4 is 34.7 Å². The minimum atomic E-state index is -0.430. The van der Waals surface area contributed by atoms with Crippen LogP contribution in [0.1, 0.15) is 31.3 Å². The molecule has 2 aromatic heterocycles. The number of primary amides is 1. The number of para-hydroxylation sites is 2. The predicted molar refractivity (Wildman–Crippen MR) is 141 cm³/mol. The summed E-state index contributed by atoms with van der Waals surface area (Å²) in [7, 11) is 0. The molecule has 0 atom stereocenters. The quantitative estimate of drug-likeness (QED) is 0.451. The van der Waals surface area contributed by atoms with Crippen LogP contribution < -0.4 is 20.3 Å². The molecule has 2 aliphatic rings. The van der Waals surface area contributed by atoms with Crippen LogP contribution in [-0.4, -0.2) is 36.5 Å². The number of benzene rings is 2. The third-order valence-corrected chi connectivity index (χ3v) is 7.80. The van der Waals surface area contributed by atoms with E-state index >= 15 is 0 Å². The zero-order chi connectivity index (χ0) is 24.6. The Morgan fingerprint density at radius 1 is 0.944 bits per heavy atom. The topological polar surface area (TPSA) is 88.8 Å². The molecule has 2 N–H and O–H groups in total. The van der Waals surface area contributed by atoms with Gasteiger partial charge in [0.15, 0.2) is 0 Å². The van der Waals surface area contributed by atoms with Crippen molar-refractivity contribution in [1.29, 1.82) is 0 Å². The second kappa shape index (κ2) is 9.13. The van der Waals surface area contributed by atoms with Gasteiger partial charge in [-0.2, -0.15) is 0 Å². The lowest BCUT2D eigenvalue weighted by molar-refractivity contribution is 0.0979. The minimum absolute atomic E-state index is 0.152. The molecular weight excluding hydrogens is 472 g/mol. The maximum absolute atomic E-state index is 13.8. The van der Waals surface area contributed by atoms with E-state index < -0.39 is 5.91 Å². The van der Waals surface area contributed by atoms with Gasteiger partial charge in [0.1, 0.15) is 23.9 Å². The summed E-state index contributed by atoms with van der Waals surface area (Å²) in [5.41, 5.74) is 9.78. The van der Waals surface area contributed by atoms with Gasteiger partial charge >= 0.3 is 0 Å². The number of aromatic nitrogens is 1. The fraction of sp³-hybridized carbons (Fsp3) is 0.179. The Morgan fingerprint density at radius 3 is 2.67 bits per heavy atom. The lowest BCUT2D eigenvalue weighted by atomic mass is 10.1. The van der Waals surface area contributed by atoms with Gasteiger partial charge in [0.2, 0.25) is 0 Å².